The molecule has 0 spiro atoms. The maximum absolute atomic E-state index is 4.58. The predicted octanol–water partition coefficient (Wildman–Crippen LogP) is 3.46. The zero-order chi connectivity index (χ0) is 10.1. The minimum Gasteiger partial charge on any atom is -0.361 e. The highest BCUT2D eigenvalue weighted by atomic mass is 14.8. The van der Waals surface area contributed by atoms with Crippen molar-refractivity contribution in [3.63, 3.8) is 0 Å². The maximum atomic E-state index is 4.58. The van der Waals surface area contributed by atoms with Crippen LogP contribution in [0.15, 0.2) is 35.5 Å². The number of nitrogens with zero attached hydrogens (tertiary/aromatic N) is 1. The van der Waals surface area contributed by atoms with Gasteiger partial charge in [0.15, 0.2) is 0 Å². The molecule has 1 aliphatic heterocycles. The van der Waals surface area contributed by atoms with Crippen molar-refractivity contribution >= 4 is 17.1 Å². The molecule has 1 aromatic carbocycles. The number of nitrogens with one attached hydrogen (secondary N) is 1. The average Bonchev–Trinajstić information content (AvgIpc) is 2.74. The molecule has 2 heteroatoms. The van der Waals surface area contributed by atoms with Gasteiger partial charge in [0.2, 0.25) is 0 Å². The van der Waals surface area contributed by atoms with Gasteiger partial charge in [-0.15, -0.1) is 0 Å². The summed E-state index contributed by atoms with van der Waals surface area (Å²) in [6.45, 7) is 0. The number of aromatic nitrogens is 1. The first-order valence-electron chi connectivity index (χ1n) is 5.53. The number of benzene rings is 1. The number of fused-ring (bicyclic) bond motifs is 1. The van der Waals surface area contributed by atoms with Crippen LogP contribution in [-0.2, 0) is 0 Å². The van der Waals surface area contributed by atoms with Crippen LogP contribution in [0.25, 0.3) is 10.9 Å². The Hall–Kier alpha value is -1.57. The first-order chi connectivity index (χ1) is 7.45. The number of H-pyrrole nitrogens is 1. The van der Waals surface area contributed by atoms with Gasteiger partial charge in [0.25, 0.3) is 0 Å². The third kappa shape index (κ3) is 1.46. The van der Waals surface area contributed by atoms with Gasteiger partial charge < -0.3 is 4.98 Å². The first-order valence-corrected chi connectivity index (χ1v) is 5.53. The Balaban J connectivity index is 2.10. The highest BCUT2D eigenvalue weighted by Gasteiger charge is 2.15. The summed E-state index contributed by atoms with van der Waals surface area (Å²) >= 11 is 0. The van der Waals surface area contributed by atoms with Crippen molar-refractivity contribution in [2.75, 3.05) is 0 Å². The fourth-order valence-corrected chi connectivity index (χ4v) is 2.28. The fourth-order valence-electron chi connectivity index (χ4n) is 2.28. The van der Waals surface area contributed by atoms with Gasteiger partial charge >= 0.3 is 0 Å². The molecule has 1 aromatic heterocycles. The number of para-hydroxylation sites is 1. The second-order valence-corrected chi connectivity index (χ2v) is 4.07. The topological polar surface area (TPSA) is 28.1 Å². The molecule has 1 aliphatic rings. The second-order valence-electron chi connectivity index (χ2n) is 4.07. The van der Waals surface area contributed by atoms with E-state index in [0.29, 0.717) is 6.04 Å². The molecular weight excluding hydrogens is 184 g/mol. The molecule has 0 radical (unpaired) electrons. The minimum atomic E-state index is 0.370. The lowest BCUT2D eigenvalue weighted by Gasteiger charge is -2.14. The van der Waals surface area contributed by atoms with E-state index in [1.165, 1.54) is 29.3 Å². The van der Waals surface area contributed by atoms with Crippen LogP contribution in [0.1, 0.15) is 30.9 Å². The van der Waals surface area contributed by atoms with Crippen LogP contribution in [0.2, 0.25) is 0 Å². The molecule has 15 heavy (non-hydrogen) atoms. The van der Waals surface area contributed by atoms with Crippen molar-refractivity contribution in [3.05, 3.63) is 36.0 Å². The zero-order valence-corrected chi connectivity index (χ0v) is 8.61. The van der Waals surface area contributed by atoms with Crippen molar-refractivity contribution < 1.29 is 0 Å². The van der Waals surface area contributed by atoms with E-state index in [9.17, 15) is 0 Å². The van der Waals surface area contributed by atoms with Crippen molar-refractivity contribution in [2.24, 2.45) is 4.99 Å². The van der Waals surface area contributed by atoms with E-state index in [1.54, 1.807) is 0 Å². The van der Waals surface area contributed by atoms with Crippen LogP contribution in [0.4, 0.5) is 0 Å². The van der Waals surface area contributed by atoms with Gasteiger partial charge in [0.05, 0.1) is 6.04 Å². The molecule has 1 atom stereocenters. The van der Waals surface area contributed by atoms with Crippen LogP contribution in [0, 0.1) is 0 Å². The number of aromatic amines is 1. The van der Waals surface area contributed by atoms with Gasteiger partial charge in [-0.1, -0.05) is 18.2 Å². The summed E-state index contributed by atoms with van der Waals surface area (Å²) in [5, 5.41) is 1.32. The van der Waals surface area contributed by atoms with Crippen molar-refractivity contribution in [2.45, 2.75) is 25.3 Å². The van der Waals surface area contributed by atoms with Gasteiger partial charge in [0.1, 0.15) is 0 Å². The Morgan fingerprint density at radius 1 is 1.27 bits per heavy atom. The van der Waals surface area contributed by atoms with Crippen LogP contribution in [0.5, 0.6) is 0 Å². The molecule has 2 heterocycles. The minimum absolute atomic E-state index is 0.370. The highest BCUT2D eigenvalue weighted by molar-refractivity contribution is 5.83. The second kappa shape index (κ2) is 3.54. The summed E-state index contributed by atoms with van der Waals surface area (Å²) in [6, 6.07) is 8.81. The van der Waals surface area contributed by atoms with Crippen molar-refractivity contribution in [1.29, 1.82) is 0 Å². The van der Waals surface area contributed by atoms with Crippen molar-refractivity contribution in [3.8, 4) is 0 Å². The van der Waals surface area contributed by atoms with Gasteiger partial charge in [-0.05, 0) is 31.5 Å². The van der Waals surface area contributed by atoms with Crippen LogP contribution in [-0.4, -0.2) is 11.2 Å². The van der Waals surface area contributed by atoms with Gasteiger partial charge in [0, 0.05) is 22.7 Å². The van der Waals surface area contributed by atoms with Gasteiger partial charge in [-0.3, -0.25) is 4.99 Å². The Morgan fingerprint density at radius 3 is 3.07 bits per heavy atom. The standard InChI is InChI=1S/C13H14N2/c1-2-6-12-10(5-1)11(9-15-12)13-7-3-4-8-14-13/h1-2,5-6,8-9,13,15H,3-4,7H2. The van der Waals surface area contributed by atoms with Crippen LogP contribution >= 0.6 is 0 Å². The molecule has 1 unspecified atom stereocenters. The number of hydrogen-bond acceptors (Lipinski definition) is 1. The van der Waals surface area contributed by atoms with E-state index in [4.69, 9.17) is 0 Å². The Labute approximate surface area is 89.0 Å². The summed E-state index contributed by atoms with van der Waals surface area (Å²) in [5.74, 6) is 0. The summed E-state index contributed by atoms with van der Waals surface area (Å²) in [6.07, 6.45) is 7.75. The Morgan fingerprint density at radius 2 is 2.20 bits per heavy atom. The van der Waals surface area contributed by atoms with E-state index in [0.717, 1.165) is 6.42 Å². The number of rotatable bonds is 1. The third-order valence-electron chi connectivity index (χ3n) is 3.08. The first kappa shape index (κ1) is 8.72. The summed E-state index contributed by atoms with van der Waals surface area (Å²) in [7, 11) is 0. The molecule has 1 N–H and O–H groups in total. The molecule has 0 aliphatic carbocycles. The summed E-state index contributed by atoms with van der Waals surface area (Å²) in [4.78, 5) is 7.89. The lowest BCUT2D eigenvalue weighted by atomic mass is 9.99. The molecule has 0 fully saturated rings. The Bertz CT molecular complexity index is 496. The maximum Gasteiger partial charge on any atom is 0.0765 e. The molecule has 0 amide bonds. The molecule has 3 rings (SSSR count). The van der Waals surface area contributed by atoms with E-state index in [2.05, 4.69) is 46.7 Å². The Kier molecular flexibility index (Phi) is 2.05. The SMILES string of the molecule is C1=NC(c2c[nH]c3ccccc23)CCC1. The predicted molar refractivity (Wildman–Crippen MR) is 63.4 cm³/mol. The van der Waals surface area contributed by atoms with E-state index in [1.807, 2.05) is 0 Å². The fraction of sp³-hybridized carbons (Fsp3) is 0.308. The summed E-state index contributed by atoms with van der Waals surface area (Å²) in [5.41, 5.74) is 2.56. The largest absolute Gasteiger partial charge is 0.361 e. The average molecular weight is 198 g/mol. The van der Waals surface area contributed by atoms with E-state index < -0.39 is 0 Å². The highest BCUT2D eigenvalue weighted by Crippen LogP contribution is 2.31. The molecule has 2 aromatic rings. The lowest BCUT2D eigenvalue weighted by Crippen LogP contribution is -2.00. The smallest absolute Gasteiger partial charge is 0.0765 e. The van der Waals surface area contributed by atoms with Gasteiger partial charge in [-0.2, -0.15) is 0 Å². The van der Waals surface area contributed by atoms with E-state index in [-0.39, 0.29) is 0 Å². The lowest BCUT2D eigenvalue weighted by molar-refractivity contribution is 0.607. The number of aliphatic imine (C=N–C) groups is 1. The number of hydrogen-bond donors (Lipinski definition) is 1. The monoisotopic (exact) mass is 198 g/mol. The van der Waals surface area contributed by atoms with Crippen LogP contribution < -0.4 is 0 Å². The third-order valence-corrected chi connectivity index (χ3v) is 3.08. The molecule has 76 valence electrons. The summed E-state index contributed by atoms with van der Waals surface area (Å²) < 4.78 is 0. The van der Waals surface area contributed by atoms with E-state index >= 15 is 0 Å². The quantitative estimate of drug-likeness (QED) is 0.727. The molecule has 0 saturated carbocycles. The zero-order valence-electron chi connectivity index (χ0n) is 8.61. The molecule has 0 saturated heterocycles. The van der Waals surface area contributed by atoms with Crippen molar-refractivity contribution in [1.82, 2.24) is 4.98 Å². The normalized spacial score (nSPS) is 20.9. The molecular formula is C13H14N2. The van der Waals surface area contributed by atoms with Gasteiger partial charge in [-0.25, -0.2) is 0 Å². The molecule has 0 bridgehead atoms. The van der Waals surface area contributed by atoms with Crippen LogP contribution in [0.3, 0.4) is 0 Å². The molecule has 2 nitrogen and oxygen atoms in total.